The summed E-state index contributed by atoms with van der Waals surface area (Å²) < 4.78 is 5.08. The van der Waals surface area contributed by atoms with Crippen LogP contribution in [0.25, 0.3) is 0 Å². The van der Waals surface area contributed by atoms with Gasteiger partial charge in [0.15, 0.2) is 0 Å². The summed E-state index contributed by atoms with van der Waals surface area (Å²) in [6.07, 6.45) is 2.72. The van der Waals surface area contributed by atoms with Gasteiger partial charge in [0.25, 0.3) is 0 Å². The standard InChI is InChI=1S/C14H21N3O2/c1-3-19-13(18)11-5-4-7-16-12(11)17-8-6-14(2,9-15)10-17/h4-5,7H,3,6,8-10,15H2,1-2H3. The molecule has 2 heterocycles. The highest BCUT2D eigenvalue weighted by atomic mass is 16.5. The number of hydrogen-bond acceptors (Lipinski definition) is 5. The molecule has 5 heteroatoms. The SMILES string of the molecule is CCOC(=O)c1cccnc1N1CCC(C)(CN)C1. The monoisotopic (exact) mass is 263 g/mol. The first-order chi connectivity index (χ1) is 9.09. The van der Waals surface area contributed by atoms with Crippen molar-refractivity contribution in [3.8, 4) is 0 Å². The molecule has 1 saturated heterocycles. The molecule has 1 aromatic heterocycles. The van der Waals surface area contributed by atoms with Crippen LogP contribution in [0.5, 0.6) is 0 Å². The van der Waals surface area contributed by atoms with Gasteiger partial charge in [-0.05, 0) is 37.4 Å². The van der Waals surface area contributed by atoms with Crippen LogP contribution in [0.3, 0.4) is 0 Å². The molecule has 2 rings (SSSR count). The minimum absolute atomic E-state index is 0.101. The summed E-state index contributed by atoms with van der Waals surface area (Å²) in [6, 6.07) is 3.52. The molecular formula is C14H21N3O2. The summed E-state index contributed by atoms with van der Waals surface area (Å²) in [5, 5.41) is 0. The van der Waals surface area contributed by atoms with E-state index in [0.717, 1.165) is 19.5 Å². The number of hydrogen-bond donors (Lipinski definition) is 1. The lowest BCUT2D eigenvalue weighted by atomic mass is 9.90. The van der Waals surface area contributed by atoms with Crippen LogP contribution in [0.15, 0.2) is 18.3 Å². The van der Waals surface area contributed by atoms with Crippen LogP contribution < -0.4 is 10.6 Å². The van der Waals surface area contributed by atoms with Crippen LogP contribution in [0.2, 0.25) is 0 Å². The van der Waals surface area contributed by atoms with Crippen LogP contribution in [-0.4, -0.2) is 37.2 Å². The zero-order valence-electron chi connectivity index (χ0n) is 11.6. The second kappa shape index (κ2) is 5.57. The Hall–Kier alpha value is -1.62. The van der Waals surface area contributed by atoms with Gasteiger partial charge in [0.1, 0.15) is 11.4 Å². The molecule has 0 saturated carbocycles. The van der Waals surface area contributed by atoms with E-state index in [1.165, 1.54) is 0 Å². The first-order valence-corrected chi connectivity index (χ1v) is 6.67. The Morgan fingerprint density at radius 3 is 3.05 bits per heavy atom. The third-order valence-corrected chi connectivity index (χ3v) is 3.63. The van der Waals surface area contributed by atoms with Crippen LogP contribution in [0.1, 0.15) is 30.6 Å². The summed E-state index contributed by atoms with van der Waals surface area (Å²) in [5.41, 5.74) is 6.45. The molecule has 0 bridgehead atoms. The molecule has 0 radical (unpaired) electrons. The number of anilines is 1. The maximum absolute atomic E-state index is 11.9. The Bertz CT molecular complexity index is 464. The fourth-order valence-electron chi connectivity index (χ4n) is 2.39. The van der Waals surface area contributed by atoms with E-state index in [9.17, 15) is 4.79 Å². The van der Waals surface area contributed by atoms with Crippen LogP contribution in [-0.2, 0) is 4.74 Å². The number of rotatable bonds is 4. The molecule has 1 unspecified atom stereocenters. The molecule has 5 nitrogen and oxygen atoms in total. The molecule has 1 aliphatic rings. The number of esters is 1. The fraction of sp³-hybridized carbons (Fsp3) is 0.571. The maximum Gasteiger partial charge on any atom is 0.341 e. The van der Waals surface area contributed by atoms with E-state index >= 15 is 0 Å². The minimum atomic E-state index is -0.313. The predicted molar refractivity (Wildman–Crippen MR) is 74.2 cm³/mol. The van der Waals surface area contributed by atoms with Crippen molar-refractivity contribution in [2.75, 3.05) is 31.1 Å². The summed E-state index contributed by atoms with van der Waals surface area (Å²) in [4.78, 5) is 18.4. The van der Waals surface area contributed by atoms with E-state index in [1.807, 2.05) is 0 Å². The van der Waals surface area contributed by atoms with Crippen molar-refractivity contribution in [1.82, 2.24) is 4.98 Å². The lowest BCUT2D eigenvalue weighted by molar-refractivity contribution is 0.0526. The van der Waals surface area contributed by atoms with Gasteiger partial charge in [-0.25, -0.2) is 9.78 Å². The molecule has 1 fully saturated rings. The molecule has 0 spiro atoms. The van der Waals surface area contributed by atoms with Gasteiger partial charge >= 0.3 is 5.97 Å². The third-order valence-electron chi connectivity index (χ3n) is 3.63. The summed E-state index contributed by atoms with van der Waals surface area (Å²) >= 11 is 0. The maximum atomic E-state index is 11.9. The van der Waals surface area contributed by atoms with Gasteiger partial charge in [-0.3, -0.25) is 0 Å². The average Bonchev–Trinajstić information content (AvgIpc) is 2.82. The van der Waals surface area contributed by atoms with Gasteiger partial charge in [0, 0.05) is 19.3 Å². The van der Waals surface area contributed by atoms with Gasteiger partial charge in [-0.15, -0.1) is 0 Å². The molecule has 104 valence electrons. The summed E-state index contributed by atoms with van der Waals surface area (Å²) in [6.45, 7) is 6.68. The minimum Gasteiger partial charge on any atom is -0.462 e. The van der Waals surface area contributed by atoms with Crippen LogP contribution in [0.4, 0.5) is 5.82 Å². The molecule has 1 aromatic rings. The number of nitrogens with zero attached hydrogens (tertiary/aromatic N) is 2. The molecular weight excluding hydrogens is 242 g/mol. The predicted octanol–water partition coefficient (Wildman–Crippen LogP) is 1.43. The Balaban J connectivity index is 2.24. The first-order valence-electron chi connectivity index (χ1n) is 6.67. The van der Waals surface area contributed by atoms with E-state index in [0.29, 0.717) is 24.5 Å². The van der Waals surface area contributed by atoms with Crippen LogP contribution >= 0.6 is 0 Å². The summed E-state index contributed by atoms with van der Waals surface area (Å²) in [5.74, 6) is 0.394. The molecule has 1 atom stereocenters. The Morgan fingerprint density at radius 1 is 1.63 bits per heavy atom. The van der Waals surface area contributed by atoms with Crippen molar-refractivity contribution in [3.05, 3.63) is 23.9 Å². The van der Waals surface area contributed by atoms with E-state index in [1.54, 1.807) is 25.3 Å². The second-order valence-corrected chi connectivity index (χ2v) is 5.28. The van der Waals surface area contributed by atoms with E-state index in [-0.39, 0.29) is 11.4 Å². The largest absolute Gasteiger partial charge is 0.462 e. The van der Waals surface area contributed by atoms with E-state index in [2.05, 4.69) is 16.8 Å². The molecule has 2 N–H and O–H groups in total. The highest BCUT2D eigenvalue weighted by Crippen LogP contribution is 2.32. The van der Waals surface area contributed by atoms with Crippen molar-refractivity contribution in [2.24, 2.45) is 11.1 Å². The third kappa shape index (κ3) is 2.87. The van der Waals surface area contributed by atoms with E-state index in [4.69, 9.17) is 10.5 Å². The van der Waals surface area contributed by atoms with Crippen LogP contribution in [0, 0.1) is 5.41 Å². The smallest absolute Gasteiger partial charge is 0.341 e. The molecule has 0 amide bonds. The molecule has 19 heavy (non-hydrogen) atoms. The first kappa shape index (κ1) is 13.8. The number of pyridine rings is 1. The number of carbonyl (C=O) groups excluding carboxylic acids is 1. The number of aromatic nitrogens is 1. The Labute approximate surface area is 113 Å². The molecule has 1 aliphatic heterocycles. The van der Waals surface area contributed by atoms with Crippen molar-refractivity contribution >= 4 is 11.8 Å². The van der Waals surface area contributed by atoms with Crippen molar-refractivity contribution < 1.29 is 9.53 Å². The number of ether oxygens (including phenoxy) is 1. The van der Waals surface area contributed by atoms with E-state index < -0.39 is 0 Å². The Kier molecular flexibility index (Phi) is 4.04. The fourth-order valence-corrected chi connectivity index (χ4v) is 2.39. The summed E-state index contributed by atoms with van der Waals surface area (Å²) in [7, 11) is 0. The zero-order chi connectivity index (χ0) is 13.9. The Morgan fingerprint density at radius 2 is 2.42 bits per heavy atom. The molecule has 0 aromatic carbocycles. The van der Waals surface area contributed by atoms with Gasteiger partial charge in [0.2, 0.25) is 0 Å². The molecule has 0 aliphatic carbocycles. The quantitative estimate of drug-likeness (QED) is 0.832. The number of nitrogens with two attached hydrogens (primary N) is 1. The highest BCUT2D eigenvalue weighted by molar-refractivity contribution is 5.94. The average molecular weight is 263 g/mol. The number of carbonyl (C=O) groups is 1. The topological polar surface area (TPSA) is 68.5 Å². The van der Waals surface area contributed by atoms with Crippen molar-refractivity contribution in [3.63, 3.8) is 0 Å². The van der Waals surface area contributed by atoms with Gasteiger partial charge < -0.3 is 15.4 Å². The second-order valence-electron chi connectivity index (χ2n) is 5.28. The lowest BCUT2D eigenvalue weighted by Gasteiger charge is -2.24. The van der Waals surface area contributed by atoms with Crippen molar-refractivity contribution in [2.45, 2.75) is 20.3 Å². The van der Waals surface area contributed by atoms with Gasteiger partial charge in [0.05, 0.1) is 6.61 Å². The zero-order valence-corrected chi connectivity index (χ0v) is 11.6. The van der Waals surface area contributed by atoms with Gasteiger partial charge in [-0.1, -0.05) is 6.92 Å². The highest BCUT2D eigenvalue weighted by Gasteiger charge is 2.34. The van der Waals surface area contributed by atoms with Gasteiger partial charge in [-0.2, -0.15) is 0 Å². The lowest BCUT2D eigenvalue weighted by Crippen LogP contribution is -2.32. The normalized spacial score (nSPS) is 22.6. The van der Waals surface area contributed by atoms with Crippen molar-refractivity contribution in [1.29, 1.82) is 0 Å².